The van der Waals surface area contributed by atoms with Gasteiger partial charge in [-0.25, -0.2) is 9.59 Å². The summed E-state index contributed by atoms with van der Waals surface area (Å²) in [7, 11) is 0. The number of allylic oxidation sites excluding steroid dienone is 2. The third-order valence-corrected chi connectivity index (χ3v) is 4.18. The number of carbonyl (C=O) groups excluding carboxylic acids is 1. The van der Waals surface area contributed by atoms with Crippen LogP contribution in [0.4, 0.5) is 11.4 Å². The van der Waals surface area contributed by atoms with Crippen molar-refractivity contribution in [3.8, 4) is 0 Å². The smallest absolute Gasteiger partial charge is 0.357 e. The molecule has 1 aliphatic rings. The van der Waals surface area contributed by atoms with Gasteiger partial charge in [0, 0.05) is 17.5 Å². The van der Waals surface area contributed by atoms with Gasteiger partial charge in [0.1, 0.15) is 5.69 Å². The lowest BCUT2D eigenvalue weighted by Gasteiger charge is -2.33. The van der Waals surface area contributed by atoms with E-state index < -0.39 is 16.9 Å². The lowest BCUT2D eigenvalue weighted by Crippen LogP contribution is -2.40. The number of hydrogen-bond donors (Lipinski definition) is 2. The first kappa shape index (κ1) is 20.9. The zero-order valence-corrected chi connectivity index (χ0v) is 16.2. The van der Waals surface area contributed by atoms with Crippen LogP contribution in [-0.4, -0.2) is 28.6 Å². The lowest BCUT2D eigenvalue weighted by atomic mass is 10.1. The molecule has 1 aromatic carbocycles. The summed E-state index contributed by atoms with van der Waals surface area (Å²) in [6, 6.07) is 5.66. The first-order valence-corrected chi connectivity index (χ1v) is 8.77. The molecule has 0 saturated carbocycles. The Morgan fingerprint density at radius 1 is 1.21 bits per heavy atom. The van der Waals surface area contributed by atoms with Crippen LogP contribution in [0.2, 0.25) is 0 Å². The van der Waals surface area contributed by atoms with Crippen LogP contribution in [0.5, 0.6) is 0 Å². The van der Waals surface area contributed by atoms with Crippen LogP contribution < -0.4 is 10.2 Å². The molecule has 0 atom stereocenters. The minimum Gasteiger partial charge on any atom is -0.477 e. The Kier molecular flexibility index (Phi) is 6.40. The number of nitrogens with zero attached hydrogens (tertiary/aromatic N) is 2. The van der Waals surface area contributed by atoms with Crippen LogP contribution in [0.3, 0.4) is 0 Å². The van der Waals surface area contributed by atoms with Crippen LogP contribution in [0.1, 0.15) is 34.1 Å². The molecule has 9 heteroatoms. The summed E-state index contributed by atoms with van der Waals surface area (Å²) in [6.45, 7) is 7.23. The topological polar surface area (TPSA) is 122 Å². The van der Waals surface area contributed by atoms with E-state index in [4.69, 9.17) is 4.74 Å². The molecule has 0 radical (unpaired) electrons. The fraction of sp³-hybridized carbons (Fsp3) is 0.368. The number of nitro benzene ring substituents is 1. The second-order valence-corrected chi connectivity index (χ2v) is 6.78. The van der Waals surface area contributed by atoms with Crippen LogP contribution in [0.25, 0.3) is 0 Å². The van der Waals surface area contributed by atoms with Crippen molar-refractivity contribution in [1.82, 2.24) is 5.32 Å². The SMILES string of the molecule is CC1=C(C(=O)O)N(c2ccccc2[N+](=O)[O-])C(C(=O)OCCC(C)C)=C(C)N1. The zero-order chi connectivity index (χ0) is 21.0. The van der Waals surface area contributed by atoms with Gasteiger partial charge in [-0.1, -0.05) is 26.0 Å². The molecule has 1 aliphatic heterocycles. The fourth-order valence-corrected chi connectivity index (χ4v) is 2.85. The summed E-state index contributed by atoms with van der Waals surface area (Å²) in [6.07, 6.45) is 0.637. The summed E-state index contributed by atoms with van der Waals surface area (Å²) >= 11 is 0. The first-order valence-electron chi connectivity index (χ1n) is 8.77. The van der Waals surface area contributed by atoms with E-state index in [2.05, 4.69) is 5.32 Å². The van der Waals surface area contributed by atoms with Gasteiger partial charge in [-0.3, -0.25) is 15.0 Å². The number of hydrogen-bond acceptors (Lipinski definition) is 7. The van der Waals surface area contributed by atoms with Gasteiger partial charge >= 0.3 is 11.9 Å². The Morgan fingerprint density at radius 2 is 1.82 bits per heavy atom. The normalized spacial score (nSPS) is 14.2. The van der Waals surface area contributed by atoms with Crippen molar-refractivity contribution in [3.05, 3.63) is 57.2 Å². The molecule has 2 rings (SSSR count). The number of anilines is 1. The number of para-hydroxylation sites is 2. The summed E-state index contributed by atoms with van der Waals surface area (Å²) in [5, 5.41) is 24.1. The number of carbonyl (C=O) groups is 2. The Balaban J connectivity index is 2.59. The number of rotatable bonds is 7. The number of nitrogens with one attached hydrogen (secondary N) is 1. The van der Waals surface area contributed by atoms with Crippen LogP contribution in [0.15, 0.2) is 47.1 Å². The van der Waals surface area contributed by atoms with Crippen molar-refractivity contribution in [1.29, 1.82) is 0 Å². The summed E-state index contributed by atoms with van der Waals surface area (Å²) < 4.78 is 5.31. The summed E-state index contributed by atoms with van der Waals surface area (Å²) in [5.74, 6) is -1.77. The lowest BCUT2D eigenvalue weighted by molar-refractivity contribution is -0.384. The highest BCUT2D eigenvalue weighted by Gasteiger charge is 2.37. The standard InChI is InChI=1S/C19H23N3O6/c1-11(2)9-10-28-19(25)17-13(4)20-12(3)16(18(23)24)21(17)14-7-5-6-8-15(14)22(26)27/h5-8,11,20H,9-10H2,1-4H3,(H,23,24). The Bertz CT molecular complexity index is 872. The van der Waals surface area contributed by atoms with Crippen LogP contribution in [-0.2, 0) is 14.3 Å². The van der Waals surface area contributed by atoms with Crippen LogP contribution in [0, 0.1) is 16.0 Å². The predicted octanol–water partition coefficient (Wildman–Crippen LogP) is 3.14. The molecule has 0 amide bonds. The highest BCUT2D eigenvalue weighted by atomic mass is 16.6. The molecular weight excluding hydrogens is 366 g/mol. The molecule has 150 valence electrons. The van der Waals surface area contributed by atoms with Gasteiger partial charge in [-0.15, -0.1) is 0 Å². The minimum atomic E-state index is -1.33. The van der Waals surface area contributed by atoms with Gasteiger partial charge < -0.3 is 15.2 Å². The first-order chi connectivity index (χ1) is 13.1. The van der Waals surface area contributed by atoms with Crippen molar-refractivity contribution in [2.24, 2.45) is 5.92 Å². The molecule has 0 unspecified atom stereocenters. The number of benzene rings is 1. The second-order valence-electron chi connectivity index (χ2n) is 6.78. The zero-order valence-electron chi connectivity index (χ0n) is 16.2. The van der Waals surface area contributed by atoms with Gasteiger partial charge in [-0.05, 0) is 32.3 Å². The average Bonchev–Trinajstić information content (AvgIpc) is 2.60. The largest absolute Gasteiger partial charge is 0.477 e. The van der Waals surface area contributed by atoms with Crippen molar-refractivity contribution in [3.63, 3.8) is 0 Å². The van der Waals surface area contributed by atoms with E-state index in [0.29, 0.717) is 18.0 Å². The molecule has 0 spiro atoms. The van der Waals surface area contributed by atoms with Gasteiger partial charge in [0.05, 0.1) is 11.5 Å². The molecule has 1 aromatic rings. The molecular formula is C19H23N3O6. The van der Waals surface area contributed by atoms with Crippen molar-refractivity contribution in [2.45, 2.75) is 34.1 Å². The average molecular weight is 389 g/mol. The van der Waals surface area contributed by atoms with E-state index in [1.807, 2.05) is 13.8 Å². The van der Waals surface area contributed by atoms with Gasteiger partial charge in [0.15, 0.2) is 11.4 Å². The van der Waals surface area contributed by atoms with Gasteiger partial charge in [0.25, 0.3) is 5.69 Å². The number of carboxylic acids is 1. The third-order valence-electron chi connectivity index (χ3n) is 4.18. The quantitative estimate of drug-likeness (QED) is 0.414. The van der Waals surface area contributed by atoms with Crippen molar-refractivity contribution < 1.29 is 24.4 Å². The number of nitro groups is 1. The van der Waals surface area contributed by atoms with E-state index in [1.54, 1.807) is 6.92 Å². The maximum atomic E-state index is 12.8. The van der Waals surface area contributed by atoms with E-state index in [0.717, 1.165) is 4.90 Å². The molecule has 0 aromatic heterocycles. The summed E-state index contributed by atoms with van der Waals surface area (Å²) in [4.78, 5) is 36.7. The molecule has 0 saturated heterocycles. The number of esters is 1. The maximum absolute atomic E-state index is 12.8. The highest BCUT2D eigenvalue weighted by molar-refractivity contribution is 6.03. The van der Waals surface area contributed by atoms with E-state index in [9.17, 15) is 24.8 Å². The molecule has 1 heterocycles. The molecule has 0 bridgehead atoms. The minimum absolute atomic E-state index is 0.0269. The Labute approximate surface area is 162 Å². The number of ether oxygens (including phenoxy) is 1. The number of carboxylic acid groups (broad SMARTS) is 1. The second kappa shape index (κ2) is 8.55. The van der Waals surface area contributed by atoms with Crippen molar-refractivity contribution in [2.75, 3.05) is 11.5 Å². The molecule has 28 heavy (non-hydrogen) atoms. The van der Waals surface area contributed by atoms with E-state index in [1.165, 1.54) is 31.2 Å². The van der Waals surface area contributed by atoms with E-state index in [-0.39, 0.29) is 35.1 Å². The maximum Gasteiger partial charge on any atom is 0.357 e. The van der Waals surface area contributed by atoms with Gasteiger partial charge in [-0.2, -0.15) is 0 Å². The predicted molar refractivity (Wildman–Crippen MR) is 102 cm³/mol. The Morgan fingerprint density at radius 3 is 2.39 bits per heavy atom. The van der Waals surface area contributed by atoms with Crippen molar-refractivity contribution >= 4 is 23.3 Å². The molecule has 0 aliphatic carbocycles. The van der Waals surface area contributed by atoms with Gasteiger partial charge in [0.2, 0.25) is 0 Å². The molecule has 2 N–H and O–H groups in total. The third kappa shape index (κ3) is 4.30. The molecule has 9 nitrogen and oxygen atoms in total. The number of aliphatic carboxylic acids is 1. The fourth-order valence-electron chi connectivity index (χ4n) is 2.85. The molecule has 0 fully saturated rings. The summed E-state index contributed by atoms with van der Waals surface area (Å²) in [5.41, 5.74) is -0.133. The monoisotopic (exact) mass is 389 g/mol. The van der Waals surface area contributed by atoms with E-state index >= 15 is 0 Å². The highest BCUT2D eigenvalue weighted by Crippen LogP contribution is 2.37. The van der Waals surface area contributed by atoms with Crippen LogP contribution >= 0.6 is 0 Å². The Hall–Kier alpha value is -3.36.